The first-order valence-corrected chi connectivity index (χ1v) is 8.68. The second-order valence-corrected chi connectivity index (χ2v) is 6.87. The molecule has 0 unspecified atom stereocenters. The van der Waals surface area contributed by atoms with Crippen molar-refractivity contribution in [3.8, 4) is 0 Å². The van der Waals surface area contributed by atoms with Crippen molar-refractivity contribution < 1.29 is 9.18 Å². The summed E-state index contributed by atoms with van der Waals surface area (Å²) in [5.41, 5.74) is 0.691. The van der Waals surface area contributed by atoms with E-state index in [9.17, 15) is 9.18 Å². The standard InChI is InChI=1S/C16H20FN5OS/c1-21(16(23)20-13-2-4-18-5-3-13)10-14-8-12(17)9-22(14)11-15-19-6-7-24-15/h2-7,12,14H,8-11H2,1H3,(H,18,20,23)/t12-,14-/m0/s1. The highest BCUT2D eigenvalue weighted by Crippen LogP contribution is 2.24. The summed E-state index contributed by atoms with van der Waals surface area (Å²) < 4.78 is 13.9. The molecule has 0 aromatic carbocycles. The zero-order valence-corrected chi connectivity index (χ0v) is 14.2. The van der Waals surface area contributed by atoms with Crippen LogP contribution in [0.25, 0.3) is 0 Å². The number of carbonyl (C=O) groups excluding carboxylic acids is 1. The monoisotopic (exact) mass is 349 g/mol. The summed E-state index contributed by atoms with van der Waals surface area (Å²) in [4.78, 5) is 24.1. The molecule has 2 aromatic heterocycles. The van der Waals surface area contributed by atoms with Crippen LogP contribution in [0, 0.1) is 0 Å². The molecule has 1 aliphatic heterocycles. The van der Waals surface area contributed by atoms with Crippen molar-refractivity contribution in [1.82, 2.24) is 19.8 Å². The number of nitrogens with one attached hydrogen (secondary N) is 1. The molecule has 0 aliphatic carbocycles. The highest BCUT2D eigenvalue weighted by Gasteiger charge is 2.33. The molecule has 24 heavy (non-hydrogen) atoms. The zero-order valence-electron chi connectivity index (χ0n) is 13.4. The van der Waals surface area contributed by atoms with E-state index < -0.39 is 6.17 Å². The largest absolute Gasteiger partial charge is 0.326 e. The Morgan fingerprint density at radius 3 is 2.96 bits per heavy atom. The Kier molecular flexibility index (Phi) is 5.37. The molecule has 0 spiro atoms. The van der Waals surface area contributed by atoms with Crippen LogP contribution in [0.5, 0.6) is 0 Å². The summed E-state index contributed by atoms with van der Waals surface area (Å²) in [6.45, 7) is 1.50. The van der Waals surface area contributed by atoms with Gasteiger partial charge in [-0.2, -0.15) is 0 Å². The first-order chi connectivity index (χ1) is 11.6. The van der Waals surface area contributed by atoms with E-state index in [2.05, 4.69) is 20.2 Å². The Bertz CT molecular complexity index is 654. The second-order valence-electron chi connectivity index (χ2n) is 5.89. The number of aromatic nitrogens is 2. The van der Waals surface area contributed by atoms with Crippen LogP contribution in [0.2, 0.25) is 0 Å². The average molecular weight is 349 g/mol. The summed E-state index contributed by atoms with van der Waals surface area (Å²) in [7, 11) is 1.73. The molecule has 6 nitrogen and oxygen atoms in total. The van der Waals surface area contributed by atoms with Gasteiger partial charge >= 0.3 is 6.03 Å². The molecule has 0 radical (unpaired) electrons. The Labute approximate surface area is 144 Å². The number of pyridine rings is 1. The van der Waals surface area contributed by atoms with Gasteiger partial charge in [0.15, 0.2) is 0 Å². The highest BCUT2D eigenvalue weighted by molar-refractivity contribution is 7.09. The summed E-state index contributed by atoms with van der Waals surface area (Å²) in [6.07, 6.45) is 4.59. The number of likely N-dealkylation sites (N-methyl/N-ethyl adjacent to an activating group) is 1. The fourth-order valence-electron chi connectivity index (χ4n) is 2.86. The third-order valence-corrected chi connectivity index (χ3v) is 4.83. The summed E-state index contributed by atoms with van der Waals surface area (Å²) >= 11 is 1.57. The van der Waals surface area contributed by atoms with E-state index in [1.807, 2.05) is 5.38 Å². The summed E-state index contributed by atoms with van der Waals surface area (Å²) in [5.74, 6) is 0. The maximum atomic E-state index is 13.9. The SMILES string of the molecule is CN(C[C@@H]1C[C@H](F)CN1Cc1nccs1)C(=O)Nc1ccncc1. The number of hydrogen-bond acceptors (Lipinski definition) is 5. The first-order valence-electron chi connectivity index (χ1n) is 7.80. The average Bonchev–Trinajstić information content (AvgIpc) is 3.19. The Balaban J connectivity index is 1.57. The smallest absolute Gasteiger partial charge is 0.321 e. The van der Waals surface area contributed by atoms with Crippen molar-refractivity contribution in [2.24, 2.45) is 0 Å². The number of urea groups is 1. The van der Waals surface area contributed by atoms with Gasteiger partial charge in [-0.3, -0.25) is 9.88 Å². The van der Waals surface area contributed by atoms with Crippen LogP contribution in [-0.4, -0.2) is 58.1 Å². The minimum Gasteiger partial charge on any atom is -0.326 e. The number of alkyl halides is 1. The highest BCUT2D eigenvalue weighted by atomic mass is 32.1. The van der Waals surface area contributed by atoms with Crippen molar-refractivity contribution in [3.05, 3.63) is 41.1 Å². The van der Waals surface area contributed by atoms with Crippen LogP contribution in [0.3, 0.4) is 0 Å². The molecule has 2 amide bonds. The molecule has 2 atom stereocenters. The molecule has 128 valence electrons. The number of halogens is 1. The fraction of sp³-hybridized carbons (Fsp3) is 0.438. The molecule has 2 aromatic rings. The molecule has 1 N–H and O–H groups in total. The molecule has 1 fully saturated rings. The van der Waals surface area contributed by atoms with Crippen LogP contribution in [0.1, 0.15) is 11.4 Å². The lowest BCUT2D eigenvalue weighted by Crippen LogP contribution is -2.42. The van der Waals surface area contributed by atoms with E-state index >= 15 is 0 Å². The molecular weight excluding hydrogens is 329 g/mol. The van der Waals surface area contributed by atoms with Crippen molar-refractivity contribution in [2.45, 2.75) is 25.2 Å². The molecule has 0 bridgehead atoms. The Morgan fingerprint density at radius 1 is 1.46 bits per heavy atom. The third kappa shape index (κ3) is 4.27. The van der Waals surface area contributed by atoms with E-state index in [4.69, 9.17) is 0 Å². The second kappa shape index (κ2) is 7.67. The zero-order chi connectivity index (χ0) is 16.9. The van der Waals surface area contributed by atoms with E-state index in [-0.39, 0.29) is 12.1 Å². The van der Waals surface area contributed by atoms with Gasteiger partial charge in [0.05, 0.1) is 6.54 Å². The number of hydrogen-bond donors (Lipinski definition) is 1. The summed E-state index contributed by atoms with van der Waals surface area (Å²) in [6, 6.07) is 3.25. The molecule has 0 saturated carbocycles. The predicted octanol–water partition coefficient (Wildman–Crippen LogP) is 2.61. The molecule has 3 heterocycles. The van der Waals surface area contributed by atoms with Crippen LogP contribution in [0.15, 0.2) is 36.1 Å². The fourth-order valence-corrected chi connectivity index (χ4v) is 3.50. The Hall–Kier alpha value is -2.06. The number of anilines is 1. The minimum absolute atomic E-state index is 0.00269. The van der Waals surface area contributed by atoms with Gasteiger partial charge in [0.25, 0.3) is 0 Å². The number of nitrogens with zero attached hydrogens (tertiary/aromatic N) is 4. The van der Waals surface area contributed by atoms with Gasteiger partial charge in [-0.1, -0.05) is 0 Å². The molecule has 1 aliphatic rings. The van der Waals surface area contributed by atoms with Crippen molar-refractivity contribution in [1.29, 1.82) is 0 Å². The van der Waals surface area contributed by atoms with Crippen LogP contribution in [0.4, 0.5) is 14.9 Å². The number of rotatable bonds is 5. The maximum Gasteiger partial charge on any atom is 0.321 e. The van der Waals surface area contributed by atoms with Gasteiger partial charge in [0, 0.05) is 55.8 Å². The topological polar surface area (TPSA) is 61.4 Å². The lowest BCUT2D eigenvalue weighted by Gasteiger charge is -2.27. The van der Waals surface area contributed by atoms with Crippen molar-refractivity contribution in [3.63, 3.8) is 0 Å². The van der Waals surface area contributed by atoms with Gasteiger partial charge < -0.3 is 10.2 Å². The number of thiazole rings is 1. The van der Waals surface area contributed by atoms with Gasteiger partial charge in [-0.25, -0.2) is 14.2 Å². The van der Waals surface area contributed by atoms with Gasteiger partial charge in [0.2, 0.25) is 0 Å². The normalized spacial score (nSPS) is 20.9. The lowest BCUT2D eigenvalue weighted by atomic mass is 10.2. The number of carbonyl (C=O) groups is 1. The van der Waals surface area contributed by atoms with Gasteiger partial charge in [0.1, 0.15) is 11.2 Å². The van der Waals surface area contributed by atoms with E-state index in [0.29, 0.717) is 31.7 Å². The van der Waals surface area contributed by atoms with Crippen LogP contribution < -0.4 is 5.32 Å². The van der Waals surface area contributed by atoms with Crippen molar-refractivity contribution in [2.75, 3.05) is 25.5 Å². The van der Waals surface area contributed by atoms with E-state index in [1.54, 1.807) is 54.0 Å². The number of amides is 2. The molecule has 3 rings (SSSR count). The Morgan fingerprint density at radius 2 is 2.25 bits per heavy atom. The van der Waals surface area contributed by atoms with Crippen molar-refractivity contribution >= 4 is 23.1 Å². The van der Waals surface area contributed by atoms with Crippen LogP contribution in [-0.2, 0) is 6.54 Å². The lowest BCUT2D eigenvalue weighted by molar-refractivity contribution is 0.183. The summed E-state index contributed by atoms with van der Waals surface area (Å²) in [5, 5.41) is 5.70. The minimum atomic E-state index is -0.855. The molecular formula is C16H20FN5OS. The number of likely N-dealkylation sites (tertiary alicyclic amines) is 1. The third-order valence-electron chi connectivity index (χ3n) is 4.06. The quantitative estimate of drug-likeness (QED) is 0.901. The molecule has 8 heteroatoms. The predicted molar refractivity (Wildman–Crippen MR) is 91.7 cm³/mol. The van der Waals surface area contributed by atoms with Crippen LogP contribution >= 0.6 is 11.3 Å². The van der Waals surface area contributed by atoms with Gasteiger partial charge in [-0.05, 0) is 18.6 Å². The molecule has 1 saturated heterocycles. The van der Waals surface area contributed by atoms with Gasteiger partial charge in [-0.15, -0.1) is 11.3 Å². The first kappa shape index (κ1) is 16.8. The van der Waals surface area contributed by atoms with E-state index in [0.717, 1.165) is 5.01 Å². The maximum absolute atomic E-state index is 13.9. The van der Waals surface area contributed by atoms with E-state index in [1.165, 1.54) is 0 Å².